The minimum Gasteiger partial charge on any atom is -0.325 e. The second-order valence-electron chi connectivity index (χ2n) is 6.16. The summed E-state index contributed by atoms with van der Waals surface area (Å²) in [6.45, 7) is 7.29. The first kappa shape index (κ1) is 16.6. The standard InChI is InChI=1S/C16H22ClN3O2/c1-10-6-11(2)9-20(8-10)16(22)19-13-4-5-15(14(17)7-13)18-12(3)21/h4-5,7,10-11H,6,8-9H2,1-3H3,(H,18,21)(H,19,22). The van der Waals surface area contributed by atoms with Crippen LogP contribution in [0.4, 0.5) is 16.2 Å². The quantitative estimate of drug-likeness (QED) is 0.869. The number of carbonyl (C=O) groups is 2. The lowest BCUT2D eigenvalue weighted by Crippen LogP contribution is -2.44. The molecule has 1 aliphatic rings. The van der Waals surface area contributed by atoms with Gasteiger partial charge in [0.25, 0.3) is 0 Å². The summed E-state index contributed by atoms with van der Waals surface area (Å²) >= 11 is 6.11. The molecule has 0 bridgehead atoms. The number of carbonyl (C=O) groups excluding carboxylic acids is 2. The monoisotopic (exact) mass is 323 g/mol. The Hall–Kier alpha value is -1.75. The molecule has 120 valence electrons. The van der Waals surface area contributed by atoms with Crippen LogP contribution in [0.2, 0.25) is 5.02 Å². The van der Waals surface area contributed by atoms with Crippen molar-refractivity contribution in [3.63, 3.8) is 0 Å². The summed E-state index contributed by atoms with van der Waals surface area (Å²) in [6, 6.07) is 4.94. The van der Waals surface area contributed by atoms with E-state index in [4.69, 9.17) is 11.6 Å². The van der Waals surface area contributed by atoms with Crippen LogP contribution in [0.3, 0.4) is 0 Å². The Kier molecular flexibility index (Phi) is 5.29. The van der Waals surface area contributed by atoms with Crippen LogP contribution < -0.4 is 10.6 Å². The maximum absolute atomic E-state index is 12.3. The lowest BCUT2D eigenvalue weighted by atomic mass is 9.92. The highest BCUT2D eigenvalue weighted by molar-refractivity contribution is 6.34. The summed E-state index contributed by atoms with van der Waals surface area (Å²) < 4.78 is 0. The molecule has 3 amide bonds. The molecule has 0 radical (unpaired) electrons. The summed E-state index contributed by atoms with van der Waals surface area (Å²) in [5, 5.41) is 5.90. The van der Waals surface area contributed by atoms with E-state index in [2.05, 4.69) is 24.5 Å². The molecule has 2 N–H and O–H groups in total. The van der Waals surface area contributed by atoms with Crippen molar-refractivity contribution in [3.8, 4) is 0 Å². The van der Waals surface area contributed by atoms with Crippen molar-refractivity contribution < 1.29 is 9.59 Å². The average molecular weight is 324 g/mol. The second kappa shape index (κ2) is 7.01. The van der Waals surface area contributed by atoms with Gasteiger partial charge in [-0.2, -0.15) is 0 Å². The maximum Gasteiger partial charge on any atom is 0.321 e. The van der Waals surface area contributed by atoms with Gasteiger partial charge >= 0.3 is 6.03 Å². The van der Waals surface area contributed by atoms with Gasteiger partial charge in [0.1, 0.15) is 0 Å². The largest absolute Gasteiger partial charge is 0.325 e. The molecular formula is C16H22ClN3O2. The number of nitrogens with one attached hydrogen (secondary N) is 2. The predicted molar refractivity (Wildman–Crippen MR) is 89.3 cm³/mol. The molecule has 1 saturated heterocycles. The Morgan fingerprint density at radius 3 is 2.36 bits per heavy atom. The van der Waals surface area contributed by atoms with E-state index >= 15 is 0 Å². The Bertz CT molecular complexity index is 567. The number of urea groups is 1. The molecular weight excluding hydrogens is 302 g/mol. The van der Waals surface area contributed by atoms with Crippen molar-refractivity contribution in [3.05, 3.63) is 23.2 Å². The van der Waals surface area contributed by atoms with E-state index in [1.807, 2.05) is 4.90 Å². The molecule has 0 aromatic heterocycles. The maximum atomic E-state index is 12.3. The molecule has 1 aromatic carbocycles. The summed E-state index contributed by atoms with van der Waals surface area (Å²) in [7, 11) is 0. The number of hydrogen-bond acceptors (Lipinski definition) is 2. The van der Waals surface area contributed by atoms with Crippen LogP contribution in [0.1, 0.15) is 27.2 Å². The van der Waals surface area contributed by atoms with E-state index < -0.39 is 0 Å². The number of nitrogens with zero attached hydrogens (tertiary/aromatic N) is 1. The molecule has 6 heteroatoms. The van der Waals surface area contributed by atoms with Crippen molar-refractivity contribution in [2.24, 2.45) is 11.8 Å². The first-order chi connectivity index (χ1) is 10.3. The minimum atomic E-state index is -0.185. The van der Waals surface area contributed by atoms with E-state index in [1.165, 1.54) is 6.92 Å². The van der Waals surface area contributed by atoms with E-state index in [-0.39, 0.29) is 11.9 Å². The van der Waals surface area contributed by atoms with Gasteiger partial charge in [-0.1, -0.05) is 25.4 Å². The molecule has 1 aliphatic heterocycles. The molecule has 22 heavy (non-hydrogen) atoms. The first-order valence-corrected chi connectivity index (χ1v) is 7.86. The SMILES string of the molecule is CC(=O)Nc1ccc(NC(=O)N2CC(C)CC(C)C2)cc1Cl. The van der Waals surface area contributed by atoms with Crippen molar-refractivity contribution >= 4 is 34.9 Å². The number of rotatable bonds is 2. The normalized spacial score (nSPS) is 21.4. The van der Waals surface area contributed by atoms with E-state index in [1.54, 1.807) is 18.2 Å². The first-order valence-electron chi connectivity index (χ1n) is 7.48. The molecule has 0 saturated carbocycles. The predicted octanol–water partition coefficient (Wildman–Crippen LogP) is 3.81. The molecule has 2 unspecified atom stereocenters. The van der Waals surface area contributed by atoms with Gasteiger partial charge in [-0.15, -0.1) is 0 Å². The van der Waals surface area contributed by atoms with Crippen molar-refractivity contribution in [1.82, 2.24) is 4.90 Å². The van der Waals surface area contributed by atoms with Crippen molar-refractivity contribution in [2.75, 3.05) is 23.7 Å². The summed E-state index contributed by atoms with van der Waals surface area (Å²) in [5.41, 5.74) is 1.15. The molecule has 1 aromatic rings. The van der Waals surface area contributed by atoms with E-state index in [0.29, 0.717) is 28.2 Å². The zero-order chi connectivity index (χ0) is 16.3. The third-order valence-electron chi connectivity index (χ3n) is 3.69. The topological polar surface area (TPSA) is 61.4 Å². The van der Waals surface area contributed by atoms with Crippen LogP contribution in [0, 0.1) is 11.8 Å². The van der Waals surface area contributed by atoms with Gasteiger partial charge in [-0.25, -0.2) is 4.79 Å². The minimum absolute atomic E-state index is 0.109. The number of benzene rings is 1. The molecule has 2 atom stereocenters. The molecule has 1 fully saturated rings. The number of likely N-dealkylation sites (tertiary alicyclic amines) is 1. The second-order valence-corrected chi connectivity index (χ2v) is 6.56. The Morgan fingerprint density at radius 2 is 1.82 bits per heavy atom. The lowest BCUT2D eigenvalue weighted by molar-refractivity contribution is -0.114. The van der Waals surface area contributed by atoms with Gasteiger partial charge in [0, 0.05) is 25.7 Å². The van der Waals surface area contributed by atoms with Gasteiger partial charge in [0.05, 0.1) is 10.7 Å². The number of piperidine rings is 1. The number of halogens is 1. The van der Waals surface area contributed by atoms with Crippen molar-refractivity contribution in [2.45, 2.75) is 27.2 Å². The highest BCUT2D eigenvalue weighted by atomic mass is 35.5. The fourth-order valence-electron chi connectivity index (χ4n) is 2.92. The van der Waals surface area contributed by atoms with Gasteiger partial charge in [-0.05, 0) is 36.5 Å². The highest BCUT2D eigenvalue weighted by Gasteiger charge is 2.25. The lowest BCUT2D eigenvalue weighted by Gasteiger charge is -2.34. The van der Waals surface area contributed by atoms with Crippen LogP contribution in [0.5, 0.6) is 0 Å². The van der Waals surface area contributed by atoms with Gasteiger partial charge in [0.2, 0.25) is 5.91 Å². The van der Waals surface area contributed by atoms with Crippen LogP contribution in [0.25, 0.3) is 0 Å². The summed E-state index contributed by atoms with van der Waals surface area (Å²) in [6.07, 6.45) is 1.15. The Labute approximate surface area is 136 Å². The molecule has 1 heterocycles. The third-order valence-corrected chi connectivity index (χ3v) is 4.00. The number of hydrogen-bond donors (Lipinski definition) is 2. The fraction of sp³-hybridized carbons (Fsp3) is 0.500. The molecule has 5 nitrogen and oxygen atoms in total. The molecule has 2 rings (SSSR count). The average Bonchev–Trinajstić information content (AvgIpc) is 2.40. The molecule has 0 spiro atoms. The molecule has 0 aliphatic carbocycles. The van der Waals surface area contributed by atoms with Crippen LogP contribution in [-0.4, -0.2) is 29.9 Å². The van der Waals surface area contributed by atoms with Crippen LogP contribution in [0.15, 0.2) is 18.2 Å². The van der Waals surface area contributed by atoms with Crippen molar-refractivity contribution in [1.29, 1.82) is 0 Å². The number of anilines is 2. The summed E-state index contributed by atoms with van der Waals surface area (Å²) in [4.78, 5) is 25.2. The highest BCUT2D eigenvalue weighted by Crippen LogP contribution is 2.26. The fourth-order valence-corrected chi connectivity index (χ4v) is 3.14. The zero-order valence-corrected chi connectivity index (χ0v) is 13.9. The Balaban J connectivity index is 2.02. The Morgan fingerprint density at radius 1 is 1.18 bits per heavy atom. The number of amides is 3. The van der Waals surface area contributed by atoms with E-state index in [9.17, 15) is 9.59 Å². The van der Waals surface area contributed by atoms with Gasteiger partial charge in [0.15, 0.2) is 0 Å². The van der Waals surface area contributed by atoms with Gasteiger partial charge in [-0.3, -0.25) is 4.79 Å². The third kappa shape index (κ3) is 4.37. The van der Waals surface area contributed by atoms with E-state index in [0.717, 1.165) is 19.5 Å². The zero-order valence-electron chi connectivity index (χ0n) is 13.1. The smallest absolute Gasteiger partial charge is 0.321 e. The van der Waals surface area contributed by atoms with Gasteiger partial charge < -0.3 is 15.5 Å². The van der Waals surface area contributed by atoms with Crippen LogP contribution in [-0.2, 0) is 4.79 Å². The van der Waals surface area contributed by atoms with Crippen LogP contribution >= 0.6 is 11.6 Å². The summed E-state index contributed by atoms with van der Waals surface area (Å²) in [5.74, 6) is 0.843.